The molecule has 1 atom stereocenters. The number of halogens is 1. The van der Waals surface area contributed by atoms with Crippen molar-refractivity contribution in [3.05, 3.63) is 94.5 Å². The summed E-state index contributed by atoms with van der Waals surface area (Å²) < 4.78 is 47.4. The van der Waals surface area contributed by atoms with Gasteiger partial charge in [0, 0.05) is 18.2 Å². The second-order valence-corrected chi connectivity index (χ2v) is 10.7. The lowest BCUT2D eigenvalue weighted by molar-refractivity contribution is 0.368. The lowest BCUT2D eigenvalue weighted by Crippen LogP contribution is -2.27. The molecule has 0 aliphatic heterocycles. The Balaban J connectivity index is 1.82. The van der Waals surface area contributed by atoms with Crippen molar-refractivity contribution in [2.24, 2.45) is 0 Å². The first-order chi connectivity index (χ1) is 18.2. The fraction of sp³-hybridized carbons (Fsp3) is 0.250. The van der Waals surface area contributed by atoms with Crippen molar-refractivity contribution < 1.29 is 22.7 Å². The second-order valence-electron chi connectivity index (χ2n) is 8.83. The minimum Gasteiger partial charge on any atom is -0.497 e. The molecule has 0 bridgehead atoms. The van der Waals surface area contributed by atoms with Gasteiger partial charge in [0.15, 0.2) is 4.90 Å². The van der Waals surface area contributed by atoms with Gasteiger partial charge < -0.3 is 9.84 Å². The fourth-order valence-corrected chi connectivity index (χ4v) is 5.59. The van der Waals surface area contributed by atoms with Crippen molar-refractivity contribution in [3.8, 4) is 22.8 Å². The van der Waals surface area contributed by atoms with E-state index in [1.807, 2.05) is 6.92 Å². The first-order valence-corrected chi connectivity index (χ1v) is 13.6. The van der Waals surface area contributed by atoms with E-state index in [9.17, 15) is 22.7 Å². The van der Waals surface area contributed by atoms with Crippen LogP contribution in [0.15, 0.2) is 81.6 Å². The molecular weight excluding hydrogens is 509 g/mol. The van der Waals surface area contributed by atoms with Gasteiger partial charge in [-0.25, -0.2) is 12.8 Å². The van der Waals surface area contributed by atoms with E-state index in [1.165, 1.54) is 41.1 Å². The Morgan fingerprint density at radius 3 is 2.34 bits per heavy atom. The van der Waals surface area contributed by atoms with Gasteiger partial charge in [0.25, 0.3) is 5.56 Å². The molecule has 4 aromatic rings. The number of nitrogens with zero attached hydrogens (tertiary/aromatic N) is 3. The van der Waals surface area contributed by atoms with E-state index in [-0.39, 0.29) is 4.90 Å². The zero-order valence-corrected chi connectivity index (χ0v) is 22.1. The Kier molecular flexibility index (Phi) is 7.91. The van der Waals surface area contributed by atoms with Crippen LogP contribution in [-0.2, 0) is 16.3 Å². The number of aromatic hydroxyl groups is 1. The number of sulfone groups is 1. The Bertz CT molecular complexity index is 1600. The SMILES string of the molecule is CCCCc1nc(=O)c(S(=O)(=O)c2ccc(-c3cncc(F)c3)cc2)c(O)n1C(C)c1ccc(OC)cc1. The third kappa shape index (κ3) is 5.31. The summed E-state index contributed by atoms with van der Waals surface area (Å²) in [5, 5.41) is 11.3. The summed E-state index contributed by atoms with van der Waals surface area (Å²) in [5.74, 6) is -0.247. The van der Waals surface area contributed by atoms with Crippen LogP contribution in [0.25, 0.3) is 11.1 Å². The van der Waals surface area contributed by atoms with Gasteiger partial charge in [-0.2, -0.15) is 4.98 Å². The second kappa shape index (κ2) is 11.1. The van der Waals surface area contributed by atoms with Gasteiger partial charge in [0.2, 0.25) is 15.7 Å². The van der Waals surface area contributed by atoms with Crippen LogP contribution in [0.5, 0.6) is 11.6 Å². The number of unbranched alkanes of at least 4 members (excludes halogenated alkanes) is 1. The maximum absolute atomic E-state index is 13.6. The van der Waals surface area contributed by atoms with E-state index in [4.69, 9.17) is 4.74 Å². The van der Waals surface area contributed by atoms with E-state index in [0.29, 0.717) is 35.5 Å². The van der Waals surface area contributed by atoms with Gasteiger partial charge in [-0.05, 0) is 54.8 Å². The molecule has 0 radical (unpaired) electrons. The highest BCUT2D eigenvalue weighted by molar-refractivity contribution is 7.91. The number of pyridine rings is 1. The zero-order valence-electron chi connectivity index (χ0n) is 21.3. The molecule has 4 rings (SSSR count). The van der Waals surface area contributed by atoms with Gasteiger partial charge in [-0.15, -0.1) is 0 Å². The molecule has 0 saturated carbocycles. The highest BCUT2D eigenvalue weighted by Gasteiger charge is 2.31. The topological polar surface area (TPSA) is 111 Å². The molecule has 0 aliphatic carbocycles. The molecule has 0 aliphatic rings. The Morgan fingerprint density at radius 2 is 1.74 bits per heavy atom. The smallest absolute Gasteiger partial charge is 0.296 e. The summed E-state index contributed by atoms with van der Waals surface area (Å²) in [4.78, 5) is 20.0. The van der Waals surface area contributed by atoms with Gasteiger partial charge in [-0.1, -0.05) is 37.6 Å². The summed E-state index contributed by atoms with van der Waals surface area (Å²) in [6.07, 6.45) is 4.43. The Hall–Kier alpha value is -4.05. The standard InChI is InChI=1S/C28H28FN3O5S/c1-4-5-6-25-31-27(33)26(28(34)32(25)18(2)19-7-11-23(37-3)12-8-19)38(35,36)24-13-9-20(10-14-24)21-15-22(29)17-30-16-21/h7-18,34H,4-6H2,1-3H3. The van der Waals surface area contributed by atoms with Crippen LogP contribution in [0.2, 0.25) is 0 Å². The van der Waals surface area contributed by atoms with E-state index in [0.717, 1.165) is 18.2 Å². The number of hydrogen-bond acceptors (Lipinski definition) is 7. The number of aromatic nitrogens is 3. The lowest BCUT2D eigenvalue weighted by Gasteiger charge is -2.23. The maximum Gasteiger partial charge on any atom is 0.296 e. The largest absolute Gasteiger partial charge is 0.497 e. The van der Waals surface area contributed by atoms with E-state index < -0.39 is 38.0 Å². The summed E-state index contributed by atoms with van der Waals surface area (Å²) in [6.45, 7) is 3.78. The summed E-state index contributed by atoms with van der Waals surface area (Å²) in [5.41, 5.74) is 0.749. The summed E-state index contributed by atoms with van der Waals surface area (Å²) in [6, 6.07) is 13.5. The molecule has 0 amide bonds. The molecule has 38 heavy (non-hydrogen) atoms. The summed E-state index contributed by atoms with van der Waals surface area (Å²) in [7, 11) is -2.90. The average molecular weight is 538 g/mol. The van der Waals surface area contributed by atoms with Gasteiger partial charge >= 0.3 is 0 Å². The van der Waals surface area contributed by atoms with Crippen LogP contribution >= 0.6 is 0 Å². The third-order valence-electron chi connectivity index (χ3n) is 6.35. The normalized spacial score (nSPS) is 12.3. The predicted molar refractivity (Wildman–Crippen MR) is 141 cm³/mol. The maximum atomic E-state index is 13.6. The minimum absolute atomic E-state index is 0.204. The van der Waals surface area contributed by atoms with Gasteiger partial charge in [0.1, 0.15) is 17.4 Å². The van der Waals surface area contributed by atoms with Crippen LogP contribution < -0.4 is 10.3 Å². The molecular formula is C28H28FN3O5S. The van der Waals surface area contributed by atoms with Crippen LogP contribution in [0.1, 0.15) is 44.1 Å². The fourth-order valence-electron chi connectivity index (χ4n) is 4.25. The van der Waals surface area contributed by atoms with Gasteiger partial charge in [0.05, 0.1) is 24.2 Å². The van der Waals surface area contributed by atoms with Crippen LogP contribution in [0.4, 0.5) is 4.39 Å². The van der Waals surface area contributed by atoms with Crippen molar-refractivity contribution in [2.75, 3.05) is 7.11 Å². The monoisotopic (exact) mass is 537 g/mol. The molecule has 0 saturated heterocycles. The molecule has 2 aromatic heterocycles. The molecule has 1 N–H and O–H groups in total. The van der Waals surface area contributed by atoms with E-state index in [2.05, 4.69) is 9.97 Å². The lowest BCUT2D eigenvalue weighted by atomic mass is 10.1. The van der Waals surface area contributed by atoms with Crippen LogP contribution in [0.3, 0.4) is 0 Å². The number of ether oxygens (including phenoxy) is 1. The van der Waals surface area contributed by atoms with Crippen molar-refractivity contribution in [2.45, 2.75) is 48.9 Å². The first kappa shape index (κ1) is 27.0. The van der Waals surface area contributed by atoms with Crippen LogP contribution in [-0.4, -0.2) is 35.2 Å². The van der Waals surface area contributed by atoms with Crippen molar-refractivity contribution >= 4 is 9.84 Å². The van der Waals surface area contributed by atoms with Gasteiger partial charge in [-0.3, -0.25) is 14.3 Å². The predicted octanol–water partition coefficient (Wildman–Crippen LogP) is 4.94. The number of hydrogen-bond donors (Lipinski definition) is 1. The number of methoxy groups -OCH3 is 1. The Labute approximate surface area is 220 Å². The number of rotatable bonds is 9. The van der Waals surface area contributed by atoms with Crippen molar-refractivity contribution in [3.63, 3.8) is 0 Å². The highest BCUT2D eigenvalue weighted by atomic mass is 32.2. The molecule has 198 valence electrons. The quantitative estimate of drug-likeness (QED) is 0.322. The summed E-state index contributed by atoms with van der Waals surface area (Å²) >= 11 is 0. The molecule has 8 nitrogen and oxygen atoms in total. The number of benzene rings is 2. The van der Waals surface area contributed by atoms with Crippen LogP contribution in [0, 0.1) is 5.82 Å². The minimum atomic E-state index is -4.45. The molecule has 1 unspecified atom stereocenters. The third-order valence-corrected chi connectivity index (χ3v) is 8.13. The van der Waals surface area contributed by atoms with Crippen molar-refractivity contribution in [1.82, 2.24) is 14.5 Å². The van der Waals surface area contributed by atoms with Crippen molar-refractivity contribution in [1.29, 1.82) is 0 Å². The number of aryl methyl sites for hydroxylation is 1. The first-order valence-electron chi connectivity index (χ1n) is 12.1. The highest BCUT2D eigenvalue weighted by Crippen LogP contribution is 2.33. The molecule has 0 fully saturated rings. The average Bonchev–Trinajstić information content (AvgIpc) is 2.91. The molecule has 2 aromatic carbocycles. The molecule has 10 heteroatoms. The van der Waals surface area contributed by atoms with E-state index in [1.54, 1.807) is 38.3 Å². The molecule has 0 spiro atoms. The van der Waals surface area contributed by atoms with E-state index >= 15 is 0 Å². The Morgan fingerprint density at radius 1 is 1.05 bits per heavy atom. The zero-order chi connectivity index (χ0) is 27.4. The molecule has 2 heterocycles.